The first-order valence-corrected chi connectivity index (χ1v) is 9.39. The predicted molar refractivity (Wildman–Crippen MR) is 107 cm³/mol. The number of piperazine rings is 1. The molecule has 1 saturated heterocycles. The number of anilines is 1. The Morgan fingerprint density at radius 3 is 2.67 bits per heavy atom. The normalized spacial score (nSPS) is 15.3. The molecule has 1 N–H and O–H groups in total. The predicted octanol–water partition coefficient (Wildman–Crippen LogP) is 2.02. The van der Waals surface area contributed by atoms with Gasteiger partial charge in [0.05, 0.1) is 39.0 Å². The molecule has 1 aromatic heterocycles. The van der Waals surface area contributed by atoms with Gasteiger partial charge in [-0.25, -0.2) is 4.79 Å². The summed E-state index contributed by atoms with van der Waals surface area (Å²) in [5.41, 5.74) is 3.81. The summed E-state index contributed by atoms with van der Waals surface area (Å²) >= 11 is 0. The minimum absolute atomic E-state index is 0.270. The molecule has 4 rings (SSSR count). The molecule has 5 heteroatoms. The van der Waals surface area contributed by atoms with Crippen LogP contribution >= 0.6 is 0 Å². The second-order valence-corrected chi connectivity index (χ2v) is 7.18. The summed E-state index contributed by atoms with van der Waals surface area (Å²) in [6.45, 7) is 6.87. The average molecular weight is 365 g/mol. The van der Waals surface area contributed by atoms with Gasteiger partial charge in [0.2, 0.25) is 0 Å². The van der Waals surface area contributed by atoms with Gasteiger partial charge in [0, 0.05) is 17.0 Å². The van der Waals surface area contributed by atoms with Crippen molar-refractivity contribution in [3.05, 3.63) is 70.1 Å². The third kappa shape index (κ3) is 3.69. The van der Waals surface area contributed by atoms with Crippen LogP contribution in [0.2, 0.25) is 0 Å². The maximum absolute atomic E-state index is 11.9. The van der Waals surface area contributed by atoms with E-state index in [2.05, 4.69) is 30.0 Å². The summed E-state index contributed by atoms with van der Waals surface area (Å²) < 4.78 is 10.9. The molecule has 0 radical (unpaired) electrons. The van der Waals surface area contributed by atoms with E-state index >= 15 is 0 Å². The SMILES string of the molecule is COc1ccccc1N1CC[NH+](Cc2cc(=O)oc3ccc(C)cc23)CC1. The summed E-state index contributed by atoms with van der Waals surface area (Å²) in [6, 6.07) is 15.8. The van der Waals surface area contributed by atoms with Gasteiger partial charge in [-0.3, -0.25) is 0 Å². The molecule has 1 aliphatic heterocycles. The summed E-state index contributed by atoms with van der Waals surface area (Å²) in [5.74, 6) is 0.920. The van der Waals surface area contributed by atoms with Crippen LogP contribution in [0, 0.1) is 6.92 Å². The lowest BCUT2D eigenvalue weighted by atomic mass is 10.1. The molecule has 0 saturated carbocycles. The highest BCUT2D eigenvalue weighted by atomic mass is 16.5. The monoisotopic (exact) mass is 365 g/mol. The number of hydrogen-bond acceptors (Lipinski definition) is 4. The molecule has 2 heterocycles. The van der Waals surface area contributed by atoms with Gasteiger partial charge in [-0.15, -0.1) is 0 Å². The Hall–Kier alpha value is -2.79. The molecule has 2 aromatic carbocycles. The van der Waals surface area contributed by atoms with E-state index in [0.717, 1.165) is 55.1 Å². The highest BCUT2D eigenvalue weighted by molar-refractivity contribution is 5.80. The molecule has 1 fully saturated rings. The zero-order valence-corrected chi connectivity index (χ0v) is 15.8. The first-order valence-electron chi connectivity index (χ1n) is 9.39. The first kappa shape index (κ1) is 17.6. The molecule has 0 aliphatic carbocycles. The minimum atomic E-state index is -0.270. The molecule has 5 nitrogen and oxygen atoms in total. The number of quaternary nitrogens is 1. The molecule has 0 amide bonds. The number of rotatable bonds is 4. The van der Waals surface area contributed by atoms with Gasteiger partial charge < -0.3 is 19.0 Å². The fraction of sp³-hybridized carbons (Fsp3) is 0.318. The first-order chi connectivity index (χ1) is 13.1. The minimum Gasteiger partial charge on any atom is -0.495 e. The van der Waals surface area contributed by atoms with Crippen LogP contribution in [-0.4, -0.2) is 33.3 Å². The molecule has 27 heavy (non-hydrogen) atoms. The number of fused-ring (bicyclic) bond motifs is 1. The lowest BCUT2D eigenvalue weighted by Crippen LogP contribution is -3.13. The van der Waals surface area contributed by atoms with Crippen LogP contribution in [-0.2, 0) is 6.54 Å². The second kappa shape index (κ2) is 7.45. The number of methoxy groups -OCH3 is 1. The Balaban J connectivity index is 1.51. The quantitative estimate of drug-likeness (QED) is 0.719. The van der Waals surface area contributed by atoms with Crippen molar-refractivity contribution in [2.24, 2.45) is 0 Å². The number of hydrogen-bond donors (Lipinski definition) is 1. The van der Waals surface area contributed by atoms with E-state index in [0.29, 0.717) is 5.58 Å². The van der Waals surface area contributed by atoms with E-state index < -0.39 is 0 Å². The van der Waals surface area contributed by atoms with E-state index in [-0.39, 0.29) is 5.63 Å². The van der Waals surface area contributed by atoms with Crippen molar-refractivity contribution in [3.63, 3.8) is 0 Å². The van der Waals surface area contributed by atoms with Crippen LogP contribution in [0.5, 0.6) is 5.75 Å². The third-order valence-electron chi connectivity index (χ3n) is 5.32. The highest BCUT2D eigenvalue weighted by Crippen LogP contribution is 2.27. The summed E-state index contributed by atoms with van der Waals surface area (Å²) in [5, 5.41) is 1.05. The van der Waals surface area contributed by atoms with Crippen LogP contribution < -0.4 is 20.2 Å². The maximum Gasteiger partial charge on any atom is 0.336 e. The standard InChI is InChI=1S/C22H24N2O3/c1-16-7-8-20-18(13-16)17(14-22(25)27-20)15-23-9-11-24(12-10-23)19-5-3-4-6-21(19)26-2/h3-8,13-14H,9-12,15H2,1-2H3/p+1. The van der Waals surface area contributed by atoms with E-state index in [1.165, 1.54) is 10.5 Å². The topological polar surface area (TPSA) is 47.1 Å². The van der Waals surface area contributed by atoms with Crippen molar-refractivity contribution < 1.29 is 14.1 Å². The Kier molecular flexibility index (Phi) is 4.86. The summed E-state index contributed by atoms with van der Waals surface area (Å²) in [4.78, 5) is 15.8. The van der Waals surface area contributed by atoms with Gasteiger partial charge in [0.25, 0.3) is 0 Å². The van der Waals surface area contributed by atoms with Gasteiger partial charge in [0.15, 0.2) is 0 Å². The van der Waals surface area contributed by atoms with Crippen LogP contribution in [0.4, 0.5) is 5.69 Å². The molecule has 0 bridgehead atoms. The van der Waals surface area contributed by atoms with Crippen LogP contribution in [0.25, 0.3) is 11.0 Å². The smallest absolute Gasteiger partial charge is 0.336 e. The van der Waals surface area contributed by atoms with Crippen molar-refractivity contribution in [2.45, 2.75) is 13.5 Å². The molecule has 3 aromatic rings. The van der Waals surface area contributed by atoms with Gasteiger partial charge in [-0.05, 0) is 31.2 Å². The van der Waals surface area contributed by atoms with Crippen molar-refractivity contribution >= 4 is 16.7 Å². The summed E-state index contributed by atoms with van der Waals surface area (Å²) in [7, 11) is 1.72. The highest BCUT2D eigenvalue weighted by Gasteiger charge is 2.23. The van der Waals surface area contributed by atoms with Crippen LogP contribution in [0.1, 0.15) is 11.1 Å². The lowest BCUT2D eigenvalue weighted by Gasteiger charge is -2.34. The van der Waals surface area contributed by atoms with Gasteiger partial charge >= 0.3 is 5.63 Å². The van der Waals surface area contributed by atoms with Crippen molar-refractivity contribution in [1.82, 2.24) is 0 Å². The van der Waals surface area contributed by atoms with Gasteiger partial charge in [0.1, 0.15) is 17.9 Å². The van der Waals surface area contributed by atoms with Crippen LogP contribution in [0.3, 0.4) is 0 Å². The number of ether oxygens (including phenoxy) is 1. The van der Waals surface area contributed by atoms with E-state index in [9.17, 15) is 4.79 Å². The molecule has 0 spiro atoms. The fourth-order valence-corrected chi connectivity index (χ4v) is 3.89. The van der Waals surface area contributed by atoms with Crippen molar-refractivity contribution in [1.29, 1.82) is 0 Å². The van der Waals surface area contributed by atoms with E-state index in [1.54, 1.807) is 13.2 Å². The Labute approximate surface area is 158 Å². The average Bonchev–Trinajstić information content (AvgIpc) is 2.69. The maximum atomic E-state index is 11.9. The largest absolute Gasteiger partial charge is 0.495 e. The van der Waals surface area contributed by atoms with E-state index in [4.69, 9.17) is 9.15 Å². The molecule has 0 atom stereocenters. The van der Waals surface area contributed by atoms with Gasteiger partial charge in [-0.2, -0.15) is 0 Å². The second-order valence-electron chi connectivity index (χ2n) is 7.18. The Bertz CT molecular complexity index is 1000. The Morgan fingerprint density at radius 1 is 1.11 bits per heavy atom. The number of aryl methyl sites for hydroxylation is 1. The van der Waals surface area contributed by atoms with Crippen LogP contribution in [0.15, 0.2) is 57.7 Å². The lowest BCUT2D eigenvalue weighted by molar-refractivity contribution is -0.914. The zero-order valence-electron chi connectivity index (χ0n) is 15.8. The number of para-hydroxylation sites is 2. The molecular formula is C22H25N2O3+. The van der Waals surface area contributed by atoms with Crippen molar-refractivity contribution in [2.75, 3.05) is 38.2 Å². The van der Waals surface area contributed by atoms with Gasteiger partial charge in [-0.1, -0.05) is 23.8 Å². The zero-order chi connectivity index (χ0) is 18.8. The Morgan fingerprint density at radius 2 is 1.89 bits per heavy atom. The number of nitrogens with zero attached hydrogens (tertiary/aromatic N) is 1. The number of nitrogens with one attached hydrogen (secondary N) is 1. The molecule has 140 valence electrons. The van der Waals surface area contributed by atoms with E-state index in [1.807, 2.05) is 24.3 Å². The molecular weight excluding hydrogens is 340 g/mol. The number of benzene rings is 2. The summed E-state index contributed by atoms with van der Waals surface area (Å²) in [6.07, 6.45) is 0. The fourth-order valence-electron chi connectivity index (χ4n) is 3.89. The van der Waals surface area contributed by atoms with Crippen molar-refractivity contribution in [3.8, 4) is 5.75 Å². The third-order valence-corrected chi connectivity index (χ3v) is 5.32. The molecule has 0 unspecified atom stereocenters. The molecule has 1 aliphatic rings.